The van der Waals surface area contributed by atoms with E-state index in [1.807, 2.05) is 4.90 Å². The Morgan fingerprint density at radius 2 is 2.06 bits per heavy atom. The van der Waals surface area contributed by atoms with E-state index in [0.717, 1.165) is 32.2 Å². The summed E-state index contributed by atoms with van der Waals surface area (Å²) in [6, 6.07) is 0.418. The first kappa shape index (κ1) is 11.4. The monoisotopic (exact) mass is 224 g/mol. The molecule has 1 heterocycles. The van der Waals surface area contributed by atoms with Crippen molar-refractivity contribution >= 4 is 11.8 Å². The van der Waals surface area contributed by atoms with Crippen LogP contribution in [0.15, 0.2) is 0 Å². The zero-order valence-electron chi connectivity index (χ0n) is 9.87. The summed E-state index contributed by atoms with van der Waals surface area (Å²) in [4.78, 5) is 24.8. The van der Waals surface area contributed by atoms with E-state index in [0.29, 0.717) is 6.42 Å². The van der Waals surface area contributed by atoms with Gasteiger partial charge < -0.3 is 10.2 Å². The topological polar surface area (TPSA) is 49.4 Å². The summed E-state index contributed by atoms with van der Waals surface area (Å²) < 4.78 is 0. The number of carbonyl (C=O) groups excluding carboxylic acids is 2. The molecule has 16 heavy (non-hydrogen) atoms. The van der Waals surface area contributed by atoms with Gasteiger partial charge in [-0.25, -0.2) is 0 Å². The van der Waals surface area contributed by atoms with Crippen LogP contribution >= 0.6 is 0 Å². The lowest BCUT2D eigenvalue weighted by atomic mass is 9.89. The first-order valence-electron chi connectivity index (χ1n) is 6.25. The van der Waals surface area contributed by atoms with Crippen LogP contribution < -0.4 is 5.32 Å². The molecule has 1 aliphatic heterocycles. The molecule has 2 aliphatic rings. The molecule has 2 amide bonds. The molecule has 1 N–H and O–H groups in total. The van der Waals surface area contributed by atoms with Crippen LogP contribution in [-0.2, 0) is 9.59 Å². The number of nitrogens with zero attached hydrogens (tertiary/aromatic N) is 1. The van der Waals surface area contributed by atoms with Crippen molar-refractivity contribution in [1.82, 2.24) is 10.2 Å². The van der Waals surface area contributed by atoms with E-state index in [9.17, 15) is 9.59 Å². The fourth-order valence-corrected chi connectivity index (χ4v) is 2.93. The minimum absolute atomic E-state index is 0.0172. The summed E-state index contributed by atoms with van der Waals surface area (Å²) in [7, 11) is 0. The Labute approximate surface area is 96.4 Å². The molecule has 1 saturated carbocycles. The highest BCUT2D eigenvalue weighted by Gasteiger charge is 2.35. The highest BCUT2D eigenvalue weighted by molar-refractivity contribution is 5.79. The number of nitrogens with one attached hydrogen (secondary N) is 1. The highest BCUT2D eigenvalue weighted by atomic mass is 16.2. The fraction of sp³-hybridized carbons (Fsp3) is 0.833. The first-order chi connectivity index (χ1) is 7.68. The molecule has 0 bridgehead atoms. The van der Waals surface area contributed by atoms with Gasteiger partial charge in [0.25, 0.3) is 0 Å². The second-order valence-electron chi connectivity index (χ2n) is 4.85. The predicted molar refractivity (Wildman–Crippen MR) is 60.8 cm³/mol. The molecule has 90 valence electrons. The molecule has 4 heteroatoms. The standard InChI is InChI=1S/C12H20N2O2/c1-9(15)13-10-5-2-3-6-11(10)14-8-4-7-12(14)16/h10-11H,2-8H2,1H3,(H,13,15)/t10-,11+/m1/s1. The SMILES string of the molecule is CC(=O)N[C@@H]1CCCC[C@@H]1N1CCCC1=O. The van der Waals surface area contributed by atoms with Gasteiger partial charge in [0.1, 0.15) is 0 Å². The van der Waals surface area contributed by atoms with Crippen molar-refractivity contribution in [1.29, 1.82) is 0 Å². The van der Waals surface area contributed by atoms with E-state index in [2.05, 4.69) is 5.32 Å². The number of likely N-dealkylation sites (tertiary alicyclic amines) is 1. The van der Waals surface area contributed by atoms with Gasteiger partial charge in [0.05, 0.1) is 6.04 Å². The summed E-state index contributed by atoms with van der Waals surface area (Å²) in [5.41, 5.74) is 0. The van der Waals surface area contributed by atoms with Gasteiger partial charge in [-0.05, 0) is 19.3 Å². The van der Waals surface area contributed by atoms with Crippen molar-refractivity contribution in [2.45, 2.75) is 57.5 Å². The highest BCUT2D eigenvalue weighted by Crippen LogP contribution is 2.26. The third-order valence-electron chi connectivity index (χ3n) is 3.63. The van der Waals surface area contributed by atoms with Crippen molar-refractivity contribution < 1.29 is 9.59 Å². The van der Waals surface area contributed by atoms with Gasteiger partial charge in [0.15, 0.2) is 0 Å². The smallest absolute Gasteiger partial charge is 0.222 e. The summed E-state index contributed by atoms with van der Waals surface area (Å²) >= 11 is 0. The Morgan fingerprint density at radius 1 is 1.31 bits per heavy atom. The maximum absolute atomic E-state index is 11.7. The summed E-state index contributed by atoms with van der Waals surface area (Å²) in [5.74, 6) is 0.283. The Bertz CT molecular complexity index is 291. The minimum atomic E-state index is 0.0172. The molecule has 2 atom stereocenters. The second-order valence-corrected chi connectivity index (χ2v) is 4.85. The van der Waals surface area contributed by atoms with E-state index < -0.39 is 0 Å². The largest absolute Gasteiger partial charge is 0.352 e. The van der Waals surface area contributed by atoms with Crippen molar-refractivity contribution in [3.8, 4) is 0 Å². The van der Waals surface area contributed by atoms with Crippen molar-refractivity contribution in [3.63, 3.8) is 0 Å². The van der Waals surface area contributed by atoms with Crippen LogP contribution in [0.25, 0.3) is 0 Å². The van der Waals surface area contributed by atoms with Gasteiger partial charge in [0.2, 0.25) is 11.8 Å². The Kier molecular flexibility index (Phi) is 3.46. The zero-order valence-corrected chi connectivity index (χ0v) is 9.87. The number of carbonyl (C=O) groups is 2. The van der Waals surface area contributed by atoms with E-state index in [4.69, 9.17) is 0 Å². The molecule has 1 saturated heterocycles. The first-order valence-corrected chi connectivity index (χ1v) is 6.25. The summed E-state index contributed by atoms with van der Waals surface area (Å²) in [5, 5.41) is 3.00. The van der Waals surface area contributed by atoms with Crippen molar-refractivity contribution in [2.24, 2.45) is 0 Å². The third kappa shape index (κ3) is 2.36. The number of hydrogen-bond acceptors (Lipinski definition) is 2. The molecule has 2 fully saturated rings. The fourth-order valence-electron chi connectivity index (χ4n) is 2.93. The lowest BCUT2D eigenvalue weighted by Crippen LogP contribution is -2.53. The van der Waals surface area contributed by atoms with E-state index in [-0.39, 0.29) is 23.9 Å². The summed E-state index contributed by atoms with van der Waals surface area (Å²) in [6.45, 7) is 2.43. The lowest BCUT2D eigenvalue weighted by Gasteiger charge is -2.38. The van der Waals surface area contributed by atoms with Gasteiger partial charge in [-0.2, -0.15) is 0 Å². The quantitative estimate of drug-likeness (QED) is 0.762. The van der Waals surface area contributed by atoms with Gasteiger partial charge >= 0.3 is 0 Å². The van der Waals surface area contributed by atoms with E-state index >= 15 is 0 Å². The molecule has 0 aromatic rings. The maximum atomic E-state index is 11.7. The molecule has 4 nitrogen and oxygen atoms in total. The average molecular weight is 224 g/mol. The van der Waals surface area contributed by atoms with Crippen LogP contribution in [0.4, 0.5) is 0 Å². The number of rotatable bonds is 2. The summed E-state index contributed by atoms with van der Waals surface area (Å²) in [6.07, 6.45) is 6.03. The Morgan fingerprint density at radius 3 is 2.69 bits per heavy atom. The normalized spacial score (nSPS) is 30.6. The van der Waals surface area contributed by atoms with Crippen molar-refractivity contribution in [3.05, 3.63) is 0 Å². The Hall–Kier alpha value is -1.06. The molecular weight excluding hydrogens is 204 g/mol. The molecule has 0 aromatic heterocycles. The lowest BCUT2D eigenvalue weighted by molar-refractivity contribution is -0.132. The van der Waals surface area contributed by atoms with Crippen LogP contribution in [0.3, 0.4) is 0 Å². The van der Waals surface area contributed by atoms with Crippen molar-refractivity contribution in [2.75, 3.05) is 6.54 Å². The van der Waals surface area contributed by atoms with Crippen LogP contribution in [0.2, 0.25) is 0 Å². The minimum Gasteiger partial charge on any atom is -0.352 e. The van der Waals surface area contributed by atoms with Gasteiger partial charge in [-0.1, -0.05) is 12.8 Å². The molecule has 1 aliphatic carbocycles. The number of hydrogen-bond donors (Lipinski definition) is 1. The second kappa shape index (κ2) is 4.85. The molecule has 0 spiro atoms. The van der Waals surface area contributed by atoms with E-state index in [1.54, 1.807) is 6.92 Å². The zero-order chi connectivity index (χ0) is 11.5. The molecule has 0 radical (unpaired) electrons. The van der Waals surface area contributed by atoms with Crippen LogP contribution in [0.5, 0.6) is 0 Å². The Balaban J connectivity index is 2.03. The average Bonchev–Trinajstić information content (AvgIpc) is 2.64. The molecule has 0 unspecified atom stereocenters. The predicted octanol–water partition coefficient (Wildman–Crippen LogP) is 1.06. The maximum Gasteiger partial charge on any atom is 0.222 e. The molecule has 0 aromatic carbocycles. The van der Waals surface area contributed by atoms with Gasteiger partial charge in [-0.3, -0.25) is 9.59 Å². The van der Waals surface area contributed by atoms with Crippen LogP contribution in [-0.4, -0.2) is 35.3 Å². The van der Waals surface area contributed by atoms with Gasteiger partial charge in [0, 0.05) is 25.9 Å². The third-order valence-corrected chi connectivity index (χ3v) is 3.63. The van der Waals surface area contributed by atoms with E-state index in [1.165, 1.54) is 6.42 Å². The number of amides is 2. The van der Waals surface area contributed by atoms with Crippen LogP contribution in [0, 0.1) is 0 Å². The van der Waals surface area contributed by atoms with Gasteiger partial charge in [-0.15, -0.1) is 0 Å². The molecular formula is C12H20N2O2. The van der Waals surface area contributed by atoms with Crippen LogP contribution in [0.1, 0.15) is 45.4 Å². The molecule has 2 rings (SSSR count).